The van der Waals surface area contributed by atoms with Crippen molar-refractivity contribution in [2.24, 2.45) is 0 Å². The molecule has 5 heteroatoms. The first-order valence-corrected chi connectivity index (χ1v) is 7.61. The molecule has 0 aliphatic heterocycles. The van der Waals surface area contributed by atoms with Crippen molar-refractivity contribution in [3.05, 3.63) is 35.8 Å². The van der Waals surface area contributed by atoms with Gasteiger partial charge in [0.15, 0.2) is 0 Å². The van der Waals surface area contributed by atoms with Crippen LogP contribution in [-0.4, -0.2) is 39.9 Å². The zero-order chi connectivity index (χ0) is 16.3. The smallest absolute Gasteiger partial charge is 0.237 e. The maximum absolute atomic E-state index is 12.1. The lowest BCUT2D eigenvalue weighted by molar-refractivity contribution is -0.126. The second-order valence-corrected chi connectivity index (χ2v) is 6.00. The zero-order valence-corrected chi connectivity index (χ0v) is 13.9. The second kappa shape index (κ2) is 6.83. The van der Waals surface area contributed by atoms with Gasteiger partial charge in [0.2, 0.25) is 5.91 Å². The summed E-state index contributed by atoms with van der Waals surface area (Å²) >= 11 is 0. The van der Waals surface area contributed by atoms with Gasteiger partial charge in [-0.05, 0) is 40.8 Å². The van der Waals surface area contributed by atoms with E-state index in [-0.39, 0.29) is 18.0 Å². The van der Waals surface area contributed by atoms with E-state index >= 15 is 0 Å². The van der Waals surface area contributed by atoms with E-state index in [1.54, 1.807) is 0 Å². The molecule has 0 bridgehead atoms. The molecule has 0 saturated carbocycles. The van der Waals surface area contributed by atoms with Crippen molar-refractivity contribution in [1.29, 1.82) is 0 Å². The maximum Gasteiger partial charge on any atom is 0.237 e. The number of aryl methyl sites for hydroxylation is 1. The molecule has 1 aromatic carbocycles. The van der Waals surface area contributed by atoms with Crippen molar-refractivity contribution in [2.75, 3.05) is 7.05 Å². The largest absolute Gasteiger partial charge is 0.353 e. The monoisotopic (exact) mass is 300 g/mol. The quantitative estimate of drug-likeness (QED) is 0.920. The zero-order valence-electron chi connectivity index (χ0n) is 13.9. The average Bonchev–Trinajstić information content (AvgIpc) is 2.45. The van der Waals surface area contributed by atoms with Crippen LogP contribution in [0.5, 0.6) is 0 Å². The molecule has 0 spiro atoms. The predicted octanol–water partition coefficient (Wildman–Crippen LogP) is 2.28. The number of amides is 1. The summed E-state index contributed by atoms with van der Waals surface area (Å²) in [5, 5.41) is 4.00. The van der Waals surface area contributed by atoms with Crippen LogP contribution in [0.2, 0.25) is 0 Å². The van der Waals surface area contributed by atoms with E-state index in [1.807, 2.05) is 63.9 Å². The second-order valence-electron chi connectivity index (χ2n) is 6.00. The van der Waals surface area contributed by atoms with Crippen LogP contribution in [0.25, 0.3) is 10.9 Å². The molecule has 0 fully saturated rings. The van der Waals surface area contributed by atoms with E-state index in [0.717, 1.165) is 22.4 Å². The molecule has 0 aliphatic carbocycles. The first-order valence-electron chi connectivity index (χ1n) is 7.61. The van der Waals surface area contributed by atoms with Crippen LogP contribution in [-0.2, 0) is 11.3 Å². The number of carbonyl (C=O) groups excluding carboxylic acids is 1. The highest BCUT2D eigenvalue weighted by atomic mass is 16.2. The normalized spacial score (nSPS) is 12.9. The lowest BCUT2D eigenvalue weighted by Gasteiger charge is -2.24. The summed E-state index contributed by atoms with van der Waals surface area (Å²) in [4.78, 5) is 23.2. The summed E-state index contributed by atoms with van der Waals surface area (Å²) in [5.41, 5.74) is 1.91. The Morgan fingerprint density at radius 2 is 1.91 bits per heavy atom. The number of nitrogens with zero attached hydrogens (tertiary/aromatic N) is 3. The van der Waals surface area contributed by atoms with Crippen LogP contribution >= 0.6 is 0 Å². The van der Waals surface area contributed by atoms with Gasteiger partial charge < -0.3 is 5.32 Å². The van der Waals surface area contributed by atoms with Gasteiger partial charge in [0, 0.05) is 17.1 Å². The van der Waals surface area contributed by atoms with Gasteiger partial charge >= 0.3 is 0 Å². The van der Waals surface area contributed by atoms with E-state index in [0.29, 0.717) is 6.54 Å². The highest BCUT2D eigenvalue weighted by Gasteiger charge is 2.19. The summed E-state index contributed by atoms with van der Waals surface area (Å²) in [6.07, 6.45) is 0. The summed E-state index contributed by atoms with van der Waals surface area (Å²) < 4.78 is 0. The lowest BCUT2D eigenvalue weighted by Crippen LogP contribution is -2.45. The Balaban J connectivity index is 2.14. The third-order valence-corrected chi connectivity index (χ3v) is 3.70. The Morgan fingerprint density at radius 1 is 1.23 bits per heavy atom. The van der Waals surface area contributed by atoms with E-state index in [4.69, 9.17) is 0 Å². The molecule has 118 valence electrons. The van der Waals surface area contributed by atoms with Gasteiger partial charge in [-0.2, -0.15) is 0 Å². The number of hydrogen-bond donors (Lipinski definition) is 1. The lowest BCUT2D eigenvalue weighted by atomic mass is 10.2. The van der Waals surface area contributed by atoms with Crippen LogP contribution in [0, 0.1) is 6.92 Å². The first kappa shape index (κ1) is 16.4. The Hall–Kier alpha value is -2.01. The Labute approximate surface area is 131 Å². The molecule has 0 aliphatic rings. The van der Waals surface area contributed by atoms with Crippen LogP contribution in [0.15, 0.2) is 24.3 Å². The fourth-order valence-electron chi connectivity index (χ4n) is 2.33. The van der Waals surface area contributed by atoms with Crippen molar-refractivity contribution in [3.8, 4) is 0 Å². The van der Waals surface area contributed by atoms with Gasteiger partial charge in [-0.3, -0.25) is 9.69 Å². The highest BCUT2D eigenvalue weighted by Crippen LogP contribution is 2.15. The molecule has 2 rings (SSSR count). The summed E-state index contributed by atoms with van der Waals surface area (Å²) in [7, 11) is 1.92. The molecular weight excluding hydrogens is 276 g/mol. The Morgan fingerprint density at radius 3 is 2.59 bits per heavy atom. The van der Waals surface area contributed by atoms with Gasteiger partial charge in [0.25, 0.3) is 0 Å². The fraction of sp³-hybridized carbons (Fsp3) is 0.471. The van der Waals surface area contributed by atoms with E-state index < -0.39 is 0 Å². The molecule has 1 amide bonds. The molecule has 0 saturated heterocycles. The van der Waals surface area contributed by atoms with Gasteiger partial charge in [-0.1, -0.05) is 18.2 Å². The van der Waals surface area contributed by atoms with Crippen molar-refractivity contribution in [2.45, 2.75) is 46.3 Å². The Kier molecular flexibility index (Phi) is 5.08. The number of carbonyl (C=O) groups is 1. The minimum Gasteiger partial charge on any atom is -0.353 e. The SMILES string of the molecule is Cc1nc(CN(C)C(C)C(=O)NC(C)C)nc2ccccc12. The van der Waals surface area contributed by atoms with Gasteiger partial charge in [0.05, 0.1) is 18.1 Å². The van der Waals surface area contributed by atoms with Crippen LogP contribution in [0.4, 0.5) is 0 Å². The molecule has 1 aromatic heterocycles. The van der Waals surface area contributed by atoms with E-state index in [9.17, 15) is 4.79 Å². The minimum absolute atomic E-state index is 0.0232. The molecule has 1 N–H and O–H groups in total. The van der Waals surface area contributed by atoms with Gasteiger partial charge in [0.1, 0.15) is 5.82 Å². The predicted molar refractivity (Wildman–Crippen MR) is 88.5 cm³/mol. The molecule has 5 nitrogen and oxygen atoms in total. The van der Waals surface area contributed by atoms with Crippen molar-refractivity contribution < 1.29 is 4.79 Å². The van der Waals surface area contributed by atoms with E-state index in [1.165, 1.54) is 0 Å². The Bertz CT molecular complexity index is 669. The highest BCUT2D eigenvalue weighted by molar-refractivity contribution is 5.81. The molecule has 1 heterocycles. The van der Waals surface area contributed by atoms with Gasteiger partial charge in [-0.25, -0.2) is 9.97 Å². The topological polar surface area (TPSA) is 58.1 Å². The average molecular weight is 300 g/mol. The number of para-hydroxylation sites is 1. The van der Waals surface area contributed by atoms with Crippen LogP contribution in [0.1, 0.15) is 32.3 Å². The number of likely N-dealkylation sites (N-methyl/N-ethyl adjacent to an activating group) is 1. The standard InChI is InChI=1S/C17H24N4O/c1-11(2)18-17(22)13(4)21(5)10-16-19-12(3)14-8-6-7-9-15(14)20-16/h6-9,11,13H,10H2,1-5H3,(H,18,22). The number of fused-ring (bicyclic) bond motifs is 1. The molecule has 0 radical (unpaired) electrons. The van der Waals surface area contributed by atoms with Crippen LogP contribution in [0.3, 0.4) is 0 Å². The molecule has 1 atom stereocenters. The number of nitrogens with one attached hydrogen (secondary N) is 1. The fourth-order valence-corrected chi connectivity index (χ4v) is 2.33. The third-order valence-electron chi connectivity index (χ3n) is 3.70. The molecule has 2 aromatic rings. The summed E-state index contributed by atoms with van der Waals surface area (Å²) in [6, 6.07) is 7.89. The number of rotatable bonds is 5. The summed E-state index contributed by atoms with van der Waals surface area (Å²) in [6.45, 7) is 8.34. The number of hydrogen-bond acceptors (Lipinski definition) is 4. The van der Waals surface area contributed by atoms with Crippen molar-refractivity contribution in [3.63, 3.8) is 0 Å². The number of benzene rings is 1. The maximum atomic E-state index is 12.1. The minimum atomic E-state index is -0.224. The summed E-state index contributed by atoms with van der Waals surface area (Å²) in [5.74, 6) is 0.762. The van der Waals surface area contributed by atoms with Crippen molar-refractivity contribution >= 4 is 16.8 Å². The van der Waals surface area contributed by atoms with Gasteiger partial charge in [-0.15, -0.1) is 0 Å². The third kappa shape index (κ3) is 3.80. The molecule has 22 heavy (non-hydrogen) atoms. The molecule has 1 unspecified atom stereocenters. The number of aromatic nitrogens is 2. The van der Waals surface area contributed by atoms with E-state index in [2.05, 4.69) is 15.3 Å². The first-order chi connectivity index (χ1) is 10.4. The molecular formula is C17H24N4O. The van der Waals surface area contributed by atoms with Crippen LogP contribution < -0.4 is 5.32 Å². The van der Waals surface area contributed by atoms with Crippen molar-refractivity contribution in [1.82, 2.24) is 20.2 Å².